The topological polar surface area (TPSA) is 91.6 Å². The van der Waals surface area contributed by atoms with Crippen LogP contribution in [-0.4, -0.2) is 68.1 Å². The lowest BCUT2D eigenvalue weighted by molar-refractivity contribution is 0.0567. The van der Waals surface area contributed by atoms with E-state index in [1.165, 1.54) is 11.8 Å². The van der Waals surface area contributed by atoms with Crippen LogP contribution in [0.25, 0.3) is 5.69 Å². The van der Waals surface area contributed by atoms with E-state index in [1.807, 2.05) is 28.8 Å². The molecule has 0 aliphatic carbocycles. The Morgan fingerprint density at radius 2 is 1.70 bits per heavy atom. The first-order valence-corrected chi connectivity index (χ1v) is 12.1. The van der Waals surface area contributed by atoms with Gasteiger partial charge in [0.1, 0.15) is 0 Å². The normalized spacial score (nSPS) is 16.5. The van der Waals surface area contributed by atoms with Crippen LogP contribution in [0.2, 0.25) is 5.02 Å². The molecule has 1 atom stereocenters. The predicted octanol–water partition coefficient (Wildman–Crippen LogP) is 3.27. The summed E-state index contributed by atoms with van der Waals surface area (Å²) >= 11 is 7.56. The number of benzene rings is 2. The number of hydrogen-bond acceptors (Lipinski definition) is 7. The minimum atomic E-state index is -0.919. The number of thioether (sulfide) groups is 1. The number of carbonyl (C=O) groups is 2. The van der Waals surface area contributed by atoms with E-state index in [0.29, 0.717) is 21.3 Å². The number of aliphatic hydroxyl groups is 1. The second-order valence-corrected chi connectivity index (χ2v) is 9.45. The molecule has 5 rings (SSSR count). The van der Waals surface area contributed by atoms with E-state index >= 15 is 0 Å². The van der Waals surface area contributed by atoms with Crippen LogP contribution in [0.3, 0.4) is 0 Å². The van der Waals surface area contributed by atoms with Crippen LogP contribution in [-0.2, 0) is 0 Å². The van der Waals surface area contributed by atoms with Crippen molar-refractivity contribution in [3.63, 3.8) is 0 Å². The number of fused-ring (bicyclic) bond motifs is 1. The number of imide groups is 1. The van der Waals surface area contributed by atoms with Gasteiger partial charge in [-0.3, -0.25) is 19.1 Å². The van der Waals surface area contributed by atoms with E-state index in [-0.39, 0.29) is 24.1 Å². The van der Waals surface area contributed by atoms with E-state index in [4.69, 9.17) is 11.6 Å². The molecule has 0 radical (unpaired) electrons. The smallest absolute Gasteiger partial charge is 0.261 e. The van der Waals surface area contributed by atoms with Crippen LogP contribution in [0, 0.1) is 0 Å². The first-order valence-electron chi connectivity index (χ1n) is 10.8. The minimum absolute atomic E-state index is 0.0797. The van der Waals surface area contributed by atoms with Crippen LogP contribution < -0.4 is 4.90 Å². The molecule has 3 heterocycles. The van der Waals surface area contributed by atoms with Crippen LogP contribution in [0.4, 0.5) is 5.95 Å². The Labute approximate surface area is 200 Å². The molecule has 33 heavy (non-hydrogen) atoms. The third-order valence-corrected chi connectivity index (χ3v) is 7.06. The summed E-state index contributed by atoms with van der Waals surface area (Å²) in [5, 5.41) is 20.6. The summed E-state index contributed by atoms with van der Waals surface area (Å²) < 4.78 is 1.94. The fourth-order valence-electron chi connectivity index (χ4n) is 4.16. The highest BCUT2D eigenvalue weighted by atomic mass is 35.5. The van der Waals surface area contributed by atoms with Gasteiger partial charge in [-0.1, -0.05) is 41.6 Å². The van der Waals surface area contributed by atoms with Crippen molar-refractivity contribution in [3.05, 3.63) is 64.7 Å². The molecule has 3 aromatic rings. The molecule has 0 bridgehead atoms. The maximum Gasteiger partial charge on any atom is 0.261 e. The van der Waals surface area contributed by atoms with Crippen molar-refractivity contribution in [1.29, 1.82) is 0 Å². The molecular formula is C23H22ClN5O3S. The first kappa shape index (κ1) is 21.9. The Hall–Kier alpha value is -2.88. The van der Waals surface area contributed by atoms with Gasteiger partial charge >= 0.3 is 0 Å². The van der Waals surface area contributed by atoms with Gasteiger partial charge in [0, 0.05) is 23.9 Å². The van der Waals surface area contributed by atoms with Gasteiger partial charge in [-0.05, 0) is 43.2 Å². The van der Waals surface area contributed by atoms with Gasteiger partial charge in [0.25, 0.3) is 11.8 Å². The molecule has 2 amide bonds. The van der Waals surface area contributed by atoms with Crippen molar-refractivity contribution in [1.82, 2.24) is 19.7 Å². The van der Waals surface area contributed by atoms with Crippen LogP contribution in [0.5, 0.6) is 0 Å². The molecule has 10 heteroatoms. The van der Waals surface area contributed by atoms with Gasteiger partial charge in [0.15, 0.2) is 5.16 Å². The highest BCUT2D eigenvalue weighted by molar-refractivity contribution is 7.99. The summed E-state index contributed by atoms with van der Waals surface area (Å²) in [4.78, 5) is 28.5. The highest BCUT2D eigenvalue weighted by Gasteiger charge is 2.36. The van der Waals surface area contributed by atoms with Crippen molar-refractivity contribution in [3.8, 4) is 5.69 Å². The van der Waals surface area contributed by atoms with Gasteiger partial charge in [-0.25, -0.2) is 0 Å². The standard InChI is InChI=1S/C23H22ClN5O3S/c24-15-6-5-7-16(12-15)29-22(27-10-3-4-11-27)25-26-23(29)33-14-17(30)13-28-20(31)18-8-1-2-9-19(18)21(28)32/h1-2,5-9,12,17,30H,3-4,10-11,13-14H2/t17-/m1/s1. The quantitative estimate of drug-likeness (QED) is 0.407. The lowest BCUT2D eigenvalue weighted by Crippen LogP contribution is -2.37. The van der Waals surface area contributed by atoms with Gasteiger partial charge in [-0.15, -0.1) is 10.2 Å². The second-order valence-electron chi connectivity index (χ2n) is 8.02. The minimum Gasteiger partial charge on any atom is -0.390 e. The predicted molar refractivity (Wildman–Crippen MR) is 126 cm³/mol. The van der Waals surface area contributed by atoms with E-state index in [9.17, 15) is 14.7 Å². The first-order chi connectivity index (χ1) is 16.0. The summed E-state index contributed by atoms with van der Waals surface area (Å²) in [5.41, 5.74) is 1.59. The molecule has 0 spiro atoms. The number of β-amino-alcohol motifs (C(OH)–C–C–N with tert-alkyl or cyclic N) is 1. The van der Waals surface area contributed by atoms with E-state index < -0.39 is 6.10 Å². The lowest BCUT2D eigenvalue weighted by Gasteiger charge is -2.20. The van der Waals surface area contributed by atoms with Crippen molar-refractivity contribution in [2.45, 2.75) is 24.1 Å². The fraction of sp³-hybridized carbons (Fsp3) is 0.304. The molecule has 170 valence electrons. The molecule has 1 N–H and O–H groups in total. The fourth-order valence-corrected chi connectivity index (χ4v) is 5.20. The molecule has 2 aliphatic heterocycles. The maximum absolute atomic E-state index is 12.6. The van der Waals surface area contributed by atoms with Crippen LogP contribution in [0.15, 0.2) is 53.7 Å². The number of halogens is 1. The second kappa shape index (κ2) is 9.17. The molecule has 0 saturated carbocycles. The van der Waals surface area contributed by atoms with Gasteiger partial charge in [0.05, 0.1) is 29.5 Å². The Kier molecular flexibility index (Phi) is 6.09. The Bertz CT molecular complexity index is 1180. The summed E-state index contributed by atoms with van der Waals surface area (Å²) in [5.74, 6) is 0.231. The van der Waals surface area contributed by atoms with Crippen LogP contribution >= 0.6 is 23.4 Å². The third-order valence-electron chi connectivity index (χ3n) is 5.75. The SMILES string of the molecule is O=C1c2ccccc2C(=O)N1C[C@@H](O)CSc1nnc(N2CCCC2)n1-c1cccc(Cl)c1. The molecule has 1 aromatic heterocycles. The van der Waals surface area contributed by atoms with Gasteiger partial charge < -0.3 is 10.0 Å². The summed E-state index contributed by atoms with van der Waals surface area (Å²) in [7, 11) is 0. The molecule has 1 saturated heterocycles. The van der Waals surface area contributed by atoms with E-state index in [0.717, 1.165) is 42.5 Å². The molecule has 2 aromatic carbocycles. The lowest BCUT2D eigenvalue weighted by atomic mass is 10.1. The zero-order chi connectivity index (χ0) is 22.9. The monoisotopic (exact) mass is 483 g/mol. The number of nitrogens with zero attached hydrogens (tertiary/aromatic N) is 5. The molecule has 8 nitrogen and oxygen atoms in total. The summed E-state index contributed by atoms with van der Waals surface area (Å²) in [6.07, 6.45) is 1.28. The highest BCUT2D eigenvalue weighted by Crippen LogP contribution is 2.30. The number of rotatable bonds is 7. The summed E-state index contributed by atoms with van der Waals surface area (Å²) in [6, 6.07) is 14.2. The number of aromatic nitrogens is 3. The van der Waals surface area contributed by atoms with Crippen LogP contribution in [0.1, 0.15) is 33.6 Å². The zero-order valence-corrected chi connectivity index (χ0v) is 19.3. The third kappa shape index (κ3) is 4.23. The average Bonchev–Trinajstić information content (AvgIpc) is 3.54. The van der Waals surface area contributed by atoms with Gasteiger partial charge in [-0.2, -0.15) is 0 Å². The van der Waals surface area contributed by atoms with E-state index in [1.54, 1.807) is 24.3 Å². The Morgan fingerprint density at radius 3 is 2.36 bits per heavy atom. The number of hydrogen-bond donors (Lipinski definition) is 1. The molecule has 1 fully saturated rings. The van der Waals surface area contributed by atoms with Crippen molar-refractivity contribution >= 4 is 41.1 Å². The number of amides is 2. The van der Waals surface area contributed by atoms with Crippen molar-refractivity contribution in [2.24, 2.45) is 0 Å². The van der Waals surface area contributed by atoms with E-state index in [2.05, 4.69) is 15.1 Å². The number of aliphatic hydroxyl groups excluding tert-OH is 1. The Balaban J connectivity index is 1.33. The molecule has 2 aliphatic rings. The van der Waals surface area contributed by atoms with Gasteiger partial charge in [0.2, 0.25) is 5.95 Å². The zero-order valence-electron chi connectivity index (χ0n) is 17.7. The maximum atomic E-state index is 12.6. The average molecular weight is 484 g/mol. The summed E-state index contributed by atoms with van der Waals surface area (Å²) in [6.45, 7) is 1.74. The number of carbonyl (C=O) groups excluding carboxylic acids is 2. The molecular weight excluding hydrogens is 462 g/mol. The Morgan fingerprint density at radius 1 is 1.00 bits per heavy atom. The largest absolute Gasteiger partial charge is 0.390 e. The van der Waals surface area contributed by atoms with Crippen molar-refractivity contribution in [2.75, 3.05) is 30.3 Å². The number of anilines is 1. The van der Waals surface area contributed by atoms with Crippen molar-refractivity contribution < 1.29 is 14.7 Å². The molecule has 0 unspecified atom stereocenters.